The number of hydrogen-bond acceptors (Lipinski definition) is 6. The third kappa shape index (κ3) is 5.63. The van der Waals surface area contributed by atoms with Crippen LogP contribution in [-0.2, 0) is 9.59 Å². The summed E-state index contributed by atoms with van der Waals surface area (Å²) in [5.74, 6) is 0.116. The fraction of sp³-hybridized carbons (Fsp3) is 0.655. The van der Waals surface area contributed by atoms with E-state index in [0.717, 1.165) is 77.2 Å². The minimum Gasteiger partial charge on any atom is -0.493 e. The fourth-order valence-electron chi connectivity index (χ4n) is 6.44. The highest BCUT2D eigenvalue weighted by atomic mass is 19.1. The molecule has 1 atom stereocenters. The second kappa shape index (κ2) is 11.1. The zero-order valence-electron chi connectivity index (χ0n) is 22.3. The summed E-state index contributed by atoms with van der Waals surface area (Å²) in [6, 6.07) is 4.60. The van der Waals surface area contributed by atoms with Crippen LogP contribution in [0.3, 0.4) is 0 Å². The molecule has 2 amide bonds. The first-order valence-corrected chi connectivity index (χ1v) is 14.2. The Bertz CT molecular complexity index is 1230. The van der Waals surface area contributed by atoms with Crippen molar-refractivity contribution in [2.45, 2.75) is 108 Å². The molecule has 3 aliphatic carbocycles. The summed E-state index contributed by atoms with van der Waals surface area (Å²) < 4.78 is 21.8. The molecule has 9 heteroatoms. The largest absolute Gasteiger partial charge is 0.493 e. The van der Waals surface area contributed by atoms with E-state index < -0.39 is 17.6 Å². The Kier molecular flexibility index (Phi) is 7.84. The quantitative estimate of drug-likeness (QED) is 0.332. The van der Waals surface area contributed by atoms with Crippen LogP contribution in [-0.4, -0.2) is 45.7 Å². The Morgan fingerprint density at radius 2 is 1.76 bits per heavy atom. The van der Waals surface area contributed by atoms with Crippen LogP contribution in [0.15, 0.2) is 23.0 Å². The number of carbonyl (C=O) groups excluding carboxylic acids is 2. The molecule has 2 aromatic rings. The van der Waals surface area contributed by atoms with Crippen LogP contribution in [0.4, 0.5) is 4.39 Å². The van der Waals surface area contributed by atoms with Gasteiger partial charge in [-0.15, -0.1) is 0 Å². The number of unbranched alkanes of at least 4 members (excludes halogenated alkanes) is 4. The van der Waals surface area contributed by atoms with E-state index in [9.17, 15) is 18.8 Å². The molecular formula is C29H39FN4O4. The van der Waals surface area contributed by atoms with E-state index in [2.05, 4.69) is 15.6 Å². The molecule has 0 unspecified atom stereocenters. The Labute approximate surface area is 222 Å². The first-order chi connectivity index (χ1) is 18.3. The van der Waals surface area contributed by atoms with Crippen LogP contribution >= 0.6 is 0 Å². The fourth-order valence-corrected chi connectivity index (χ4v) is 6.44. The van der Waals surface area contributed by atoms with Crippen molar-refractivity contribution in [2.75, 3.05) is 13.2 Å². The Morgan fingerprint density at radius 3 is 2.50 bits per heavy atom. The molecule has 8 nitrogen and oxygen atoms in total. The zero-order chi connectivity index (χ0) is 26.8. The standard InChI is InChI=1S/C29H39FN4O4/c1-20-32-21-8-7-9-23(25(21)27(37)34(20)22-10-11-24(35)33-26(22)36)38-19-6-4-2-3-5-18-31-29-15-12-28(30,13-16-29)14-17-29/h7-9,22,31H,2-6,10-19H2,1H3,(H,33,35,36)/t22-,28?,29?/m0/s1. The van der Waals surface area contributed by atoms with Crippen molar-refractivity contribution < 1.29 is 18.7 Å². The van der Waals surface area contributed by atoms with Gasteiger partial charge in [0.1, 0.15) is 28.7 Å². The SMILES string of the molecule is Cc1nc2cccc(OCCCCCCCNC34CCC(F)(CC3)CC4)c2c(=O)n1[C@H]1CCC(=O)NC1=O. The molecule has 2 bridgehead atoms. The lowest BCUT2D eigenvalue weighted by atomic mass is 9.64. The van der Waals surface area contributed by atoms with Gasteiger partial charge in [-0.2, -0.15) is 0 Å². The second-order valence-corrected chi connectivity index (χ2v) is 11.4. The van der Waals surface area contributed by atoms with Crippen LogP contribution in [0.2, 0.25) is 0 Å². The molecule has 4 aliphatic rings. The summed E-state index contributed by atoms with van der Waals surface area (Å²) >= 11 is 0. The van der Waals surface area contributed by atoms with Gasteiger partial charge in [0.15, 0.2) is 0 Å². The molecule has 1 aromatic heterocycles. The number of aryl methyl sites for hydroxylation is 1. The molecule has 206 valence electrons. The molecule has 6 rings (SSSR count). The number of carbonyl (C=O) groups is 2. The van der Waals surface area contributed by atoms with Gasteiger partial charge in [-0.3, -0.25) is 24.3 Å². The number of halogens is 1. The highest BCUT2D eigenvalue weighted by molar-refractivity contribution is 5.99. The van der Waals surface area contributed by atoms with E-state index in [1.807, 2.05) is 6.07 Å². The summed E-state index contributed by atoms with van der Waals surface area (Å²) in [7, 11) is 0. The molecule has 0 spiro atoms. The smallest absolute Gasteiger partial charge is 0.265 e. The lowest BCUT2D eigenvalue weighted by Crippen LogP contribution is -2.56. The van der Waals surface area contributed by atoms with E-state index in [1.165, 1.54) is 4.57 Å². The van der Waals surface area contributed by atoms with Crippen LogP contribution in [0, 0.1) is 6.92 Å². The van der Waals surface area contributed by atoms with Gasteiger partial charge in [0.05, 0.1) is 12.1 Å². The number of rotatable bonds is 11. The summed E-state index contributed by atoms with van der Waals surface area (Å²) in [6.07, 6.45) is 10.8. The highest BCUT2D eigenvalue weighted by Gasteiger charge is 2.48. The van der Waals surface area contributed by atoms with Gasteiger partial charge in [0.2, 0.25) is 11.8 Å². The zero-order valence-corrected chi connectivity index (χ0v) is 22.3. The maximum absolute atomic E-state index is 14.4. The molecule has 1 aromatic carbocycles. The average Bonchev–Trinajstić information content (AvgIpc) is 2.89. The number of ether oxygens (including phenoxy) is 1. The van der Waals surface area contributed by atoms with Crippen LogP contribution in [0.25, 0.3) is 10.9 Å². The third-order valence-corrected chi connectivity index (χ3v) is 8.82. The van der Waals surface area contributed by atoms with Crippen molar-refractivity contribution in [1.29, 1.82) is 0 Å². The Hall–Kier alpha value is -2.81. The number of nitrogens with zero attached hydrogens (tertiary/aromatic N) is 2. The van der Waals surface area contributed by atoms with Gasteiger partial charge in [-0.1, -0.05) is 25.3 Å². The Morgan fingerprint density at radius 1 is 1.05 bits per heavy atom. The number of aromatic nitrogens is 2. The summed E-state index contributed by atoms with van der Waals surface area (Å²) in [4.78, 5) is 42.0. The first-order valence-electron chi connectivity index (χ1n) is 14.2. The number of alkyl halides is 1. The molecule has 0 radical (unpaired) electrons. The van der Waals surface area contributed by atoms with Crippen LogP contribution in [0.1, 0.15) is 95.3 Å². The number of benzene rings is 1. The molecule has 2 heterocycles. The van der Waals surface area contributed by atoms with Crippen molar-refractivity contribution in [3.05, 3.63) is 34.4 Å². The number of amides is 2. The molecule has 38 heavy (non-hydrogen) atoms. The lowest BCUT2D eigenvalue weighted by Gasteiger charge is -2.50. The first kappa shape index (κ1) is 26.8. The van der Waals surface area contributed by atoms with E-state index in [4.69, 9.17) is 4.74 Å². The van der Waals surface area contributed by atoms with E-state index in [0.29, 0.717) is 29.1 Å². The van der Waals surface area contributed by atoms with Gasteiger partial charge in [0.25, 0.3) is 5.56 Å². The van der Waals surface area contributed by atoms with Gasteiger partial charge >= 0.3 is 0 Å². The average molecular weight is 527 g/mol. The normalized spacial score (nSPS) is 27.1. The predicted octanol–water partition coefficient (Wildman–Crippen LogP) is 4.42. The second-order valence-electron chi connectivity index (χ2n) is 11.4. The molecule has 4 fully saturated rings. The van der Waals surface area contributed by atoms with E-state index >= 15 is 0 Å². The van der Waals surface area contributed by atoms with Crippen molar-refractivity contribution in [1.82, 2.24) is 20.2 Å². The van der Waals surface area contributed by atoms with Gasteiger partial charge in [-0.05, 0) is 83.4 Å². The van der Waals surface area contributed by atoms with Crippen LogP contribution < -0.4 is 20.9 Å². The van der Waals surface area contributed by atoms with Gasteiger partial charge < -0.3 is 10.1 Å². The van der Waals surface area contributed by atoms with Crippen LogP contribution in [0.5, 0.6) is 5.75 Å². The van der Waals surface area contributed by atoms with Crippen molar-refractivity contribution >= 4 is 22.7 Å². The number of imide groups is 1. The molecule has 3 saturated carbocycles. The van der Waals surface area contributed by atoms with Gasteiger partial charge in [-0.25, -0.2) is 9.37 Å². The third-order valence-electron chi connectivity index (χ3n) is 8.82. The highest BCUT2D eigenvalue weighted by Crippen LogP contribution is 2.48. The summed E-state index contributed by atoms with van der Waals surface area (Å²) in [6.45, 7) is 3.20. The number of nitrogens with one attached hydrogen (secondary N) is 2. The summed E-state index contributed by atoms with van der Waals surface area (Å²) in [5, 5.41) is 6.44. The minimum atomic E-state index is -0.878. The topological polar surface area (TPSA) is 102 Å². The molecule has 1 saturated heterocycles. The van der Waals surface area contributed by atoms with Crippen molar-refractivity contribution in [2.24, 2.45) is 0 Å². The monoisotopic (exact) mass is 526 g/mol. The van der Waals surface area contributed by atoms with Crippen molar-refractivity contribution in [3.8, 4) is 5.75 Å². The van der Waals surface area contributed by atoms with Gasteiger partial charge in [0, 0.05) is 12.0 Å². The maximum atomic E-state index is 14.4. The minimum absolute atomic E-state index is 0.185. The van der Waals surface area contributed by atoms with E-state index in [1.54, 1.807) is 19.1 Å². The number of hydrogen-bond donors (Lipinski definition) is 2. The molecular weight excluding hydrogens is 487 g/mol. The van der Waals surface area contributed by atoms with E-state index in [-0.39, 0.29) is 29.8 Å². The summed E-state index contributed by atoms with van der Waals surface area (Å²) in [5.41, 5.74) is -0.479. The molecule has 2 N–H and O–H groups in total. The number of fused-ring (bicyclic) bond motifs is 4. The number of piperidine rings is 1. The maximum Gasteiger partial charge on any atom is 0.265 e. The van der Waals surface area contributed by atoms with Crippen molar-refractivity contribution in [3.63, 3.8) is 0 Å². The lowest BCUT2D eigenvalue weighted by molar-refractivity contribution is -0.135. The Balaban J connectivity index is 1.09. The molecule has 1 aliphatic heterocycles. The predicted molar refractivity (Wildman–Crippen MR) is 143 cm³/mol.